The summed E-state index contributed by atoms with van der Waals surface area (Å²) in [5, 5.41) is 5.85. The van der Waals surface area contributed by atoms with Crippen LogP contribution in [0, 0.1) is 0 Å². The number of hydrogen-bond acceptors (Lipinski definition) is 3. The molecule has 0 aliphatic carbocycles. The van der Waals surface area contributed by atoms with Crippen LogP contribution >= 0.6 is 0 Å². The Morgan fingerprint density at radius 2 is 2.00 bits per heavy atom. The minimum atomic E-state index is -0.422. The fourth-order valence-electron chi connectivity index (χ4n) is 1.41. The lowest BCUT2D eigenvalue weighted by molar-refractivity contribution is 0.130. The molecule has 0 fully saturated rings. The lowest BCUT2D eigenvalue weighted by atomic mass is 10.1. The molecular formula is C13H20N2O2. The number of carbonyl (C=O) groups excluding carboxylic acids is 1. The summed E-state index contributed by atoms with van der Waals surface area (Å²) in [6.07, 6.45) is -0.538. The van der Waals surface area contributed by atoms with Crippen molar-refractivity contribution in [2.24, 2.45) is 0 Å². The van der Waals surface area contributed by atoms with Gasteiger partial charge in [-0.2, -0.15) is 0 Å². The van der Waals surface area contributed by atoms with E-state index in [0.29, 0.717) is 0 Å². The average Bonchev–Trinajstić information content (AvgIpc) is 2.27. The van der Waals surface area contributed by atoms with Crippen LogP contribution in [0.3, 0.4) is 0 Å². The van der Waals surface area contributed by atoms with E-state index in [9.17, 15) is 4.79 Å². The van der Waals surface area contributed by atoms with E-state index >= 15 is 0 Å². The van der Waals surface area contributed by atoms with Crippen molar-refractivity contribution in [3.63, 3.8) is 0 Å². The van der Waals surface area contributed by atoms with Gasteiger partial charge in [-0.1, -0.05) is 12.1 Å². The van der Waals surface area contributed by atoms with Crippen molar-refractivity contribution in [1.82, 2.24) is 5.32 Å². The number of anilines is 1. The summed E-state index contributed by atoms with van der Waals surface area (Å²) < 4.78 is 5.02. The minimum absolute atomic E-state index is 0.116. The van der Waals surface area contributed by atoms with Gasteiger partial charge in [0, 0.05) is 11.7 Å². The summed E-state index contributed by atoms with van der Waals surface area (Å²) >= 11 is 0. The fourth-order valence-corrected chi connectivity index (χ4v) is 1.41. The van der Waals surface area contributed by atoms with E-state index in [1.54, 1.807) is 0 Å². The first-order valence-corrected chi connectivity index (χ1v) is 5.77. The van der Waals surface area contributed by atoms with Crippen LogP contribution in [-0.4, -0.2) is 19.2 Å². The maximum Gasteiger partial charge on any atom is 0.411 e. The van der Waals surface area contributed by atoms with Crippen LogP contribution in [0.15, 0.2) is 24.3 Å². The Kier molecular flexibility index (Phi) is 4.97. The molecule has 1 aromatic carbocycles. The van der Waals surface area contributed by atoms with Crippen LogP contribution in [-0.2, 0) is 4.74 Å². The lowest BCUT2D eigenvalue weighted by Crippen LogP contribution is -2.18. The molecule has 0 saturated carbocycles. The summed E-state index contributed by atoms with van der Waals surface area (Å²) in [6.45, 7) is 5.70. The second-order valence-electron chi connectivity index (χ2n) is 4.21. The van der Waals surface area contributed by atoms with Crippen LogP contribution in [0.4, 0.5) is 10.5 Å². The first-order valence-electron chi connectivity index (χ1n) is 5.77. The van der Waals surface area contributed by atoms with E-state index in [1.807, 2.05) is 45.2 Å². The topological polar surface area (TPSA) is 50.4 Å². The van der Waals surface area contributed by atoms with Crippen molar-refractivity contribution < 1.29 is 9.53 Å². The highest BCUT2D eigenvalue weighted by Gasteiger charge is 2.07. The van der Waals surface area contributed by atoms with E-state index in [1.165, 1.54) is 0 Å². The van der Waals surface area contributed by atoms with Gasteiger partial charge >= 0.3 is 6.09 Å². The highest BCUT2D eigenvalue weighted by atomic mass is 16.6. The smallest absolute Gasteiger partial charge is 0.411 e. The molecule has 0 aliphatic rings. The highest BCUT2D eigenvalue weighted by Crippen LogP contribution is 2.17. The fraction of sp³-hybridized carbons (Fsp3) is 0.462. The Bertz CT molecular complexity index is 377. The second kappa shape index (κ2) is 6.25. The van der Waals surface area contributed by atoms with Gasteiger partial charge in [0.15, 0.2) is 0 Å². The highest BCUT2D eigenvalue weighted by molar-refractivity contribution is 5.84. The first kappa shape index (κ1) is 13.5. The lowest BCUT2D eigenvalue weighted by Gasteiger charge is -2.13. The maximum absolute atomic E-state index is 11.4. The Hall–Kier alpha value is -1.55. The average molecular weight is 236 g/mol. The standard InChI is InChI=1S/C13H20N2O2/c1-9(2)17-13(16)15-12-7-5-6-11(8-12)10(3)14-4/h5-10,14H,1-4H3,(H,15,16). The van der Waals surface area contributed by atoms with E-state index in [0.717, 1.165) is 11.3 Å². The molecular weight excluding hydrogens is 216 g/mol. The Labute approximate surface area is 102 Å². The van der Waals surface area contributed by atoms with Crippen molar-refractivity contribution in [1.29, 1.82) is 0 Å². The van der Waals surface area contributed by atoms with Gasteiger partial charge in [0.2, 0.25) is 0 Å². The molecule has 1 unspecified atom stereocenters. The van der Waals surface area contributed by atoms with E-state index < -0.39 is 6.09 Å². The molecule has 0 aliphatic heterocycles. The van der Waals surface area contributed by atoms with E-state index in [2.05, 4.69) is 17.6 Å². The predicted octanol–water partition coefficient (Wildman–Crippen LogP) is 2.92. The summed E-state index contributed by atoms with van der Waals surface area (Å²) in [6, 6.07) is 7.95. The molecule has 1 atom stereocenters. The zero-order valence-corrected chi connectivity index (χ0v) is 10.8. The molecule has 0 bridgehead atoms. The normalized spacial score (nSPS) is 12.3. The monoisotopic (exact) mass is 236 g/mol. The van der Waals surface area contributed by atoms with Crippen LogP contribution < -0.4 is 10.6 Å². The molecule has 0 aromatic heterocycles. The molecule has 4 nitrogen and oxygen atoms in total. The van der Waals surface area contributed by atoms with Crippen LogP contribution in [0.2, 0.25) is 0 Å². The van der Waals surface area contributed by atoms with Crippen LogP contribution in [0.5, 0.6) is 0 Å². The largest absolute Gasteiger partial charge is 0.447 e. The van der Waals surface area contributed by atoms with Crippen molar-refractivity contribution >= 4 is 11.8 Å². The number of nitrogens with one attached hydrogen (secondary N) is 2. The number of rotatable bonds is 4. The van der Waals surface area contributed by atoms with Gasteiger partial charge in [-0.05, 0) is 45.5 Å². The van der Waals surface area contributed by atoms with Gasteiger partial charge in [-0.3, -0.25) is 5.32 Å². The summed E-state index contributed by atoms with van der Waals surface area (Å²) in [5.41, 5.74) is 1.87. The molecule has 1 amide bonds. The minimum Gasteiger partial charge on any atom is -0.447 e. The Morgan fingerprint density at radius 3 is 2.59 bits per heavy atom. The quantitative estimate of drug-likeness (QED) is 0.845. The third-order valence-electron chi connectivity index (χ3n) is 2.41. The molecule has 1 aromatic rings. The molecule has 1 rings (SSSR count). The zero-order chi connectivity index (χ0) is 12.8. The Balaban J connectivity index is 2.69. The van der Waals surface area contributed by atoms with E-state index in [-0.39, 0.29) is 12.1 Å². The van der Waals surface area contributed by atoms with Crippen LogP contribution in [0.1, 0.15) is 32.4 Å². The molecule has 0 spiro atoms. The van der Waals surface area contributed by atoms with Gasteiger partial charge in [0.25, 0.3) is 0 Å². The second-order valence-corrected chi connectivity index (χ2v) is 4.21. The third-order valence-corrected chi connectivity index (χ3v) is 2.41. The van der Waals surface area contributed by atoms with Crippen molar-refractivity contribution in [3.8, 4) is 0 Å². The van der Waals surface area contributed by atoms with Crippen molar-refractivity contribution in [3.05, 3.63) is 29.8 Å². The zero-order valence-electron chi connectivity index (χ0n) is 10.8. The number of amides is 1. The maximum atomic E-state index is 11.4. The predicted molar refractivity (Wildman–Crippen MR) is 69.2 cm³/mol. The molecule has 94 valence electrons. The van der Waals surface area contributed by atoms with Gasteiger partial charge < -0.3 is 10.1 Å². The number of benzene rings is 1. The summed E-state index contributed by atoms with van der Waals surface area (Å²) in [7, 11) is 1.90. The number of ether oxygens (including phenoxy) is 1. The van der Waals surface area contributed by atoms with Crippen LogP contribution in [0.25, 0.3) is 0 Å². The first-order chi connectivity index (χ1) is 8.02. The number of hydrogen-bond donors (Lipinski definition) is 2. The molecule has 17 heavy (non-hydrogen) atoms. The van der Waals surface area contributed by atoms with Gasteiger partial charge in [0.1, 0.15) is 0 Å². The SMILES string of the molecule is CNC(C)c1cccc(NC(=O)OC(C)C)c1. The molecule has 4 heteroatoms. The van der Waals surface area contributed by atoms with Gasteiger partial charge in [0.05, 0.1) is 6.10 Å². The third kappa shape index (κ3) is 4.44. The van der Waals surface area contributed by atoms with Crippen molar-refractivity contribution in [2.45, 2.75) is 32.9 Å². The van der Waals surface area contributed by atoms with Crippen molar-refractivity contribution in [2.75, 3.05) is 12.4 Å². The summed E-state index contributed by atoms with van der Waals surface area (Å²) in [4.78, 5) is 11.4. The van der Waals surface area contributed by atoms with Gasteiger partial charge in [-0.15, -0.1) is 0 Å². The molecule has 0 saturated heterocycles. The Morgan fingerprint density at radius 1 is 1.29 bits per heavy atom. The molecule has 2 N–H and O–H groups in total. The van der Waals surface area contributed by atoms with Gasteiger partial charge in [-0.25, -0.2) is 4.79 Å². The number of carbonyl (C=O) groups is 1. The molecule has 0 heterocycles. The molecule has 0 radical (unpaired) electrons. The van der Waals surface area contributed by atoms with E-state index in [4.69, 9.17) is 4.74 Å². The summed E-state index contributed by atoms with van der Waals surface area (Å²) in [5.74, 6) is 0.